The smallest absolute Gasteiger partial charge is 0.232 e. The predicted molar refractivity (Wildman–Crippen MR) is 64.8 cm³/mol. The van der Waals surface area contributed by atoms with E-state index in [1.54, 1.807) is 22.8 Å². The molecular weight excluding hydrogens is 218 g/mol. The van der Waals surface area contributed by atoms with E-state index in [-0.39, 0.29) is 17.9 Å². The second-order valence-corrected chi connectivity index (χ2v) is 4.59. The maximum atomic E-state index is 12.3. The molecule has 94 valence electrons. The minimum atomic E-state index is -0.0334. The van der Waals surface area contributed by atoms with Crippen LogP contribution in [0.3, 0.4) is 0 Å². The number of carbonyl (C=O) groups is 1. The molecule has 2 atom stereocenters. The van der Waals surface area contributed by atoms with Gasteiger partial charge < -0.3 is 9.64 Å². The van der Waals surface area contributed by atoms with Crippen LogP contribution in [0.2, 0.25) is 0 Å². The second kappa shape index (κ2) is 4.87. The van der Waals surface area contributed by atoms with Crippen LogP contribution in [0.5, 0.6) is 0 Å². The van der Waals surface area contributed by atoms with E-state index in [1.807, 2.05) is 20.2 Å². The monoisotopic (exact) mass is 237 g/mol. The van der Waals surface area contributed by atoms with E-state index in [4.69, 9.17) is 4.74 Å². The number of ether oxygens (including phenoxy) is 1. The zero-order valence-electron chi connectivity index (χ0n) is 10.6. The van der Waals surface area contributed by atoms with Gasteiger partial charge in [0.25, 0.3) is 0 Å². The van der Waals surface area contributed by atoms with Crippen LogP contribution >= 0.6 is 0 Å². The lowest BCUT2D eigenvalue weighted by Crippen LogP contribution is -2.41. The van der Waals surface area contributed by atoms with Crippen LogP contribution in [0.1, 0.15) is 19.8 Å². The molecule has 0 radical (unpaired) electrons. The third kappa shape index (κ3) is 2.49. The maximum absolute atomic E-state index is 12.3. The van der Waals surface area contributed by atoms with E-state index in [9.17, 15) is 4.79 Å². The van der Waals surface area contributed by atoms with Crippen molar-refractivity contribution in [2.24, 2.45) is 13.0 Å². The molecule has 1 aliphatic rings. The van der Waals surface area contributed by atoms with Crippen molar-refractivity contribution in [1.82, 2.24) is 9.78 Å². The summed E-state index contributed by atoms with van der Waals surface area (Å²) in [6.45, 7) is 2.74. The number of hydrogen-bond acceptors (Lipinski definition) is 3. The Balaban J connectivity index is 2.08. The molecule has 0 aliphatic carbocycles. The first kappa shape index (κ1) is 12.1. The molecule has 1 aromatic rings. The zero-order chi connectivity index (χ0) is 12.4. The lowest BCUT2D eigenvalue weighted by atomic mass is 9.94. The summed E-state index contributed by atoms with van der Waals surface area (Å²) in [5.41, 5.74) is 0.829. The van der Waals surface area contributed by atoms with Crippen molar-refractivity contribution < 1.29 is 9.53 Å². The van der Waals surface area contributed by atoms with E-state index in [2.05, 4.69) is 5.10 Å². The third-order valence-electron chi connectivity index (χ3n) is 3.33. The summed E-state index contributed by atoms with van der Waals surface area (Å²) in [4.78, 5) is 14.0. The van der Waals surface area contributed by atoms with E-state index in [0.29, 0.717) is 0 Å². The molecule has 1 amide bonds. The van der Waals surface area contributed by atoms with Gasteiger partial charge in [0.05, 0.1) is 23.9 Å². The van der Waals surface area contributed by atoms with E-state index >= 15 is 0 Å². The molecule has 2 heterocycles. The highest BCUT2D eigenvalue weighted by molar-refractivity contribution is 5.94. The molecular formula is C12H19N3O2. The Morgan fingerprint density at radius 2 is 2.41 bits per heavy atom. The summed E-state index contributed by atoms with van der Waals surface area (Å²) in [5.74, 6) is 0.0826. The largest absolute Gasteiger partial charge is 0.378 e. The highest BCUT2D eigenvalue weighted by Gasteiger charge is 2.31. The number of aromatic nitrogens is 2. The van der Waals surface area contributed by atoms with Crippen molar-refractivity contribution in [1.29, 1.82) is 0 Å². The summed E-state index contributed by atoms with van der Waals surface area (Å²) in [7, 11) is 3.63. The van der Waals surface area contributed by atoms with Crippen LogP contribution in [-0.4, -0.2) is 35.4 Å². The number of hydrogen-bond donors (Lipinski definition) is 0. The van der Waals surface area contributed by atoms with Gasteiger partial charge in [-0.3, -0.25) is 9.48 Å². The molecule has 0 bridgehead atoms. The van der Waals surface area contributed by atoms with E-state index in [1.165, 1.54) is 0 Å². The Morgan fingerprint density at radius 3 is 3.00 bits per heavy atom. The summed E-state index contributed by atoms with van der Waals surface area (Å²) < 4.78 is 7.23. The number of carbonyl (C=O) groups excluding carboxylic acids is 1. The molecule has 1 fully saturated rings. The minimum Gasteiger partial charge on any atom is -0.378 e. The van der Waals surface area contributed by atoms with Crippen molar-refractivity contribution in [2.75, 3.05) is 18.6 Å². The Morgan fingerprint density at radius 1 is 1.65 bits per heavy atom. The normalized spacial score (nSPS) is 24.6. The van der Waals surface area contributed by atoms with Crippen LogP contribution in [0.15, 0.2) is 12.4 Å². The van der Waals surface area contributed by atoms with Crippen molar-refractivity contribution in [3.05, 3.63) is 12.4 Å². The number of anilines is 1. The SMILES string of the molecule is C[C@@H]1OCCC[C@@H]1C(=O)N(C)c1cnn(C)c1. The fraction of sp³-hybridized carbons (Fsp3) is 0.667. The van der Waals surface area contributed by atoms with Gasteiger partial charge in [0.15, 0.2) is 0 Å². The maximum Gasteiger partial charge on any atom is 0.232 e. The lowest BCUT2D eigenvalue weighted by molar-refractivity contribution is -0.130. The molecule has 5 nitrogen and oxygen atoms in total. The molecule has 17 heavy (non-hydrogen) atoms. The van der Waals surface area contributed by atoms with Crippen LogP contribution < -0.4 is 4.90 Å². The molecule has 0 aromatic carbocycles. The molecule has 0 saturated carbocycles. The molecule has 0 N–H and O–H groups in total. The van der Waals surface area contributed by atoms with Crippen LogP contribution in [0, 0.1) is 5.92 Å². The quantitative estimate of drug-likeness (QED) is 0.776. The second-order valence-electron chi connectivity index (χ2n) is 4.59. The van der Waals surface area contributed by atoms with Gasteiger partial charge >= 0.3 is 0 Å². The van der Waals surface area contributed by atoms with Gasteiger partial charge in [-0.05, 0) is 19.8 Å². The Hall–Kier alpha value is -1.36. The fourth-order valence-corrected chi connectivity index (χ4v) is 2.21. The van der Waals surface area contributed by atoms with E-state index in [0.717, 1.165) is 25.1 Å². The Labute approximate surface area is 101 Å². The summed E-state index contributed by atoms with van der Waals surface area (Å²) >= 11 is 0. The first-order valence-corrected chi connectivity index (χ1v) is 5.97. The van der Waals surface area contributed by atoms with Crippen molar-refractivity contribution in [2.45, 2.75) is 25.9 Å². The Bertz CT molecular complexity index is 402. The number of aryl methyl sites for hydroxylation is 1. The van der Waals surface area contributed by atoms with Crippen LogP contribution in [0.4, 0.5) is 5.69 Å². The molecule has 2 rings (SSSR count). The van der Waals surface area contributed by atoms with Gasteiger partial charge in [0.2, 0.25) is 5.91 Å². The standard InChI is InChI=1S/C12H19N3O2/c1-9-11(5-4-6-17-9)12(16)15(3)10-7-13-14(2)8-10/h7-9,11H,4-6H2,1-3H3/t9-,11-/m0/s1. The average Bonchev–Trinajstić information content (AvgIpc) is 2.75. The molecule has 0 spiro atoms. The Kier molecular flexibility index (Phi) is 3.47. The average molecular weight is 237 g/mol. The first-order chi connectivity index (χ1) is 8.09. The minimum absolute atomic E-state index is 0.00960. The third-order valence-corrected chi connectivity index (χ3v) is 3.33. The van der Waals surface area contributed by atoms with Gasteiger partial charge in [-0.15, -0.1) is 0 Å². The van der Waals surface area contributed by atoms with Crippen molar-refractivity contribution in [3.8, 4) is 0 Å². The first-order valence-electron chi connectivity index (χ1n) is 5.97. The number of amides is 1. The van der Waals surface area contributed by atoms with Gasteiger partial charge in [-0.25, -0.2) is 0 Å². The van der Waals surface area contributed by atoms with Crippen molar-refractivity contribution >= 4 is 11.6 Å². The van der Waals surface area contributed by atoms with Crippen molar-refractivity contribution in [3.63, 3.8) is 0 Å². The molecule has 1 aliphatic heterocycles. The lowest BCUT2D eigenvalue weighted by Gasteiger charge is -2.30. The van der Waals surface area contributed by atoms with Crippen LogP contribution in [-0.2, 0) is 16.6 Å². The molecule has 5 heteroatoms. The molecule has 1 aromatic heterocycles. The fourth-order valence-electron chi connectivity index (χ4n) is 2.21. The highest BCUT2D eigenvalue weighted by atomic mass is 16.5. The summed E-state index contributed by atoms with van der Waals surface area (Å²) in [5, 5.41) is 4.08. The zero-order valence-corrected chi connectivity index (χ0v) is 10.6. The van der Waals surface area contributed by atoms with Gasteiger partial charge in [-0.1, -0.05) is 0 Å². The molecule has 0 unspecified atom stereocenters. The summed E-state index contributed by atoms with van der Waals surface area (Å²) in [6.07, 6.45) is 5.42. The van der Waals surface area contributed by atoms with Gasteiger partial charge in [-0.2, -0.15) is 5.10 Å². The predicted octanol–water partition coefficient (Wildman–Crippen LogP) is 1.20. The topological polar surface area (TPSA) is 47.4 Å². The molecule has 1 saturated heterocycles. The summed E-state index contributed by atoms with van der Waals surface area (Å²) in [6, 6.07) is 0. The number of rotatable bonds is 2. The van der Waals surface area contributed by atoms with E-state index < -0.39 is 0 Å². The van der Waals surface area contributed by atoms with Gasteiger partial charge in [0.1, 0.15) is 0 Å². The van der Waals surface area contributed by atoms with Gasteiger partial charge in [0, 0.05) is 26.9 Å². The van der Waals surface area contributed by atoms with Crippen LogP contribution in [0.25, 0.3) is 0 Å². The highest BCUT2D eigenvalue weighted by Crippen LogP contribution is 2.24. The number of nitrogens with zero attached hydrogens (tertiary/aromatic N) is 3.